The van der Waals surface area contributed by atoms with Crippen molar-refractivity contribution in [1.82, 2.24) is 15.1 Å². The lowest BCUT2D eigenvalue weighted by atomic mass is 10.1. The van der Waals surface area contributed by atoms with Gasteiger partial charge in [0.15, 0.2) is 0 Å². The summed E-state index contributed by atoms with van der Waals surface area (Å²) in [4.78, 5) is 0. The van der Waals surface area contributed by atoms with Gasteiger partial charge in [0.25, 0.3) is 0 Å². The van der Waals surface area contributed by atoms with Gasteiger partial charge in [-0.25, -0.2) is 8.42 Å². The molecule has 0 aromatic carbocycles. The first-order valence-electron chi connectivity index (χ1n) is 7.30. The van der Waals surface area contributed by atoms with Crippen LogP contribution in [0.5, 0.6) is 0 Å². The van der Waals surface area contributed by atoms with E-state index in [0.29, 0.717) is 13.0 Å². The monoisotopic (exact) mass is 301 g/mol. The Balaban J connectivity index is 2.76. The Kier molecular flexibility index (Phi) is 6.20. The normalized spacial score (nSPS) is 13.7. The molecule has 0 radical (unpaired) electrons. The third kappa shape index (κ3) is 4.31. The van der Waals surface area contributed by atoms with E-state index in [1.807, 2.05) is 11.6 Å². The first kappa shape index (κ1) is 17.2. The van der Waals surface area contributed by atoms with Gasteiger partial charge in [0.1, 0.15) is 9.84 Å². The number of hydrogen-bond donors (Lipinski definition) is 1. The van der Waals surface area contributed by atoms with Crippen molar-refractivity contribution in [2.45, 2.75) is 53.6 Å². The molecule has 0 spiro atoms. The molecule has 6 heteroatoms. The lowest BCUT2D eigenvalue weighted by molar-refractivity contribution is 0.559. The Labute approximate surface area is 122 Å². The molecule has 0 saturated heterocycles. The van der Waals surface area contributed by atoms with E-state index in [1.165, 1.54) is 5.56 Å². The van der Waals surface area contributed by atoms with Crippen molar-refractivity contribution >= 4 is 9.84 Å². The zero-order valence-electron chi connectivity index (χ0n) is 13.2. The second kappa shape index (κ2) is 7.22. The molecule has 1 aromatic rings. The van der Waals surface area contributed by atoms with E-state index in [4.69, 9.17) is 0 Å². The Morgan fingerprint density at radius 2 is 1.95 bits per heavy atom. The molecule has 5 nitrogen and oxygen atoms in total. The number of sulfone groups is 1. The van der Waals surface area contributed by atoms with Crippen molar-refractivity contribution in [3.8, 4) is 0 Å². The number of aromatic nitrogens is 2. The number of nitrogens with zero attached hydrogens (tertiary/aromatic N) is 2. The molecule has 1 unspecified atom stereocenters. The maximum absolute atomic E-state index is 11.5. The van der Waals surface area contributed by atoms with Crippen molar-refractivity contribution in [3.63, 3.8) is 0 Å². The molecular weight excluding hydrogens is 274 g/mol. The lowest BCUT2D eigenvalue weighted by Gasteiger charge is -2.13. The molecule has 1 aromatic heterocycles. The zero-order chi connectivity index (χ0) is 15.3. The van der Waals surface area contributed by atoms with Crippen molar-refractivity contribution in [1.29, 1.82) is 0 Å². The Hall–Kier alpha value is -0.880. The molecule has 1 heterocycles. The van der Waals surface area contributed by atoms with Crippen molar-refractivity contribution in [2.24, 2.45) is 0 Å². The molecular formula is C14H27N3O2S. The van der Waals surface area contributed by atoms with E-state index in [1.54, 1.807) is 6.92 Å². The molecule has 1 rings (SSSR count). The topological polar surface area (TPSA) is 64.0 Å². The van der Waals surface area contributed by atoms with Gasteiger partial charge in [0.05, 0.1) is 11.4 Å². The number of rotatable bonds is 8. The van der Waals surface area contributed by atoms with Crippen LogP contribution in [-0.4, -0.2) is 36.2 Å². The van der Waals surface area contributed by atoms with E-state index < -0.39 is 9.84 Å². The van der Waals surface area contributed by atoms with Crippen LogP contribution in [0.1, 0.15) is 50.2 Å². The smallest absolute Gasteiger partial charge is 0.150 e. The van der Waals surface area contributed by atoms with Gasteiger partial charge >= 0.3 is 0 Å². The van der Waals surface area contributed by atoms with Crippen LogP contribution in [0, 0.1) is 13.8 Å². The maximum Gasteiger partial charge on any atom is 0.150 e. The third-order valence-electron chi connectivity index (χ3n) is 3.65. The Morgan fingerprint density at radius 1 is 1.30 bits per heavy atom. The molecule has 1 atom stereocenters. The molecule has 0 saturated carbocycles. The fourth-order valence-corrected chi connectivity index (χ4v) is 3.40. The quantitative estimate of drug-likeness (QED) is 0.797. The molecule has 116 valence electrons. The Morgan fingerprint density at radius 3 is 2.50 bits per heavy atom. The number of nitrogens with one attached hydrogen (secondary N) is 1. The average molecular weight is 301 g/mol. The summed E-state index contributed by atoms with van der Waals surface area (Å²) in [6.45, 7) is 11.5. The predicted octanol–water partition coefficient (Wildman–Crippen LogP) is 2.00. The first-order chi connectivity index (χ1) is 9.32. The highest BCUT2D eigenvalue weighted by molar-refractivity contribution is 7.91. The lowest BCUT2D eigenvalue weighted by Crippen LogP contribution is -2.19. The van der Waals surface area contributed by atoms with Gasteiger partial charge in [-0.3, -0.25) is 4.68 Å². The van der Waals surface area contributed by atoms with Gasteiger partial charge in [-0.1, -0.05) is 13.8 Å². The van der Waals surface area contributed by atoms with Gasteiger partial charge in [0, 0.05) is 29.6 Å². The van der Waals surface area contributed by atoms with Gasteiger partial charge in [-0.2, -0.15) is 5.10 Å². The molecule has 0 aliphatic heterocycles. The predicted molar refractivity (Wildman–Crippen MR) is 82.7 cm³/mol. The minimum absolute atomic E-state index is 0.215. The minimum Gasteiger partial charge on any atom is -0.310 e. The molecule has 0 amide bonds. The molecule has 20 heavy (non-hydrogen) atoms. The van der Waals surface area contributed by atoms with Crippen LogP contribution in [0.15, 0.2) is 0 Å². The molecule has 0 aliphatic carbocycles. The molecule has 1 N–H and O–H groups in total. The highest BCUT2D eigenvalue weighted by Gasteiger charge is 2.17. The summed E-state index contributed by atoms with van der Waals surface area (Å²) in [5.41, 5.74) is 3.38. The zero-order valence-corrected chi connectivity index (χ0v) is 14.0. The van der Waals surface area contributed by atoms with E-state index in [0.717, 1.165) is 17.9 Å². The molecule has 0 bridgehead atoms. The summed E-state index contributed by atoms with van der Waals surface area (Å²) in [6.07, 6.45) is 0.618. The fraction of sp³-hybridized carbons (Fsp3) is 0.786. The van der Waals surface area contributed by atoms with E-state index in [2.05, 4.69) is 31.2 Å². The van der Waals surface area contributed by atoms with Crippen LogP contribution in [0.3, 0.4) is 0 Å². The largest absolute Gasteiger partial charge is 0.310 e. The summed E-state index contributed by atoms with van der Waals surface area (Å²) in [5, 5.41) is 7.94. The average Bonchev–Trinajstić information content (AvgIpc) is 2.65. The van der Waals surface area contributed by atoms with Crippen molar-refractivity contribution in [2.75, 3.05) is 18.1 Å². The SMILES string of the molecule is CCNC(C)c1c(C)nn(CCCS(=O)(=O)CC)c1C. The molecule has 0 fully saturated rings. The fourth-order valence-electron chi connectivity index (χ4n) is 2.54. The van der Waals surface area contributed by atoms with Crippen LogP contribution >= 0.6 is 0 Å². The number of aryl methyl sites for hydroxylation is 2. The standard InChI is InChI=1S/C14H27N3O2S/c1-6-15-11(3)14-12(4)16-17(13(14)5)9-8-10-20(18,19)7-2/h11,15H,6-10H2,1-5H3. The first-order valence-corrected chi connectivity index (χ1v) is 9.12. The van der Waals surface area contributed by atoms with Gasteiger partial charge in [-0.05, 0) is 33.7 Å². The van der Waals surface area contributed by atoms with E-state index >= 15 is 0 Å². The Bertz CT molecular complexity index is 535. The van der Waals surface area contributed by atoms with Gasteiger partial charge in [0.2, 0.25) is 0 Å². The molecule has 0 aliphatic rings. The van der Waals surface area contributed by atoms with Crippen molar-refractivity contribution < 1.29 is 8.42 Å². The second-order valence-electron chi connectivity index (χ2n) is 5.18. The summed E-state index contributed by atoms with van der Waals surface area (Å²) in [6, 6.07) is 0.271. The third-order valence-corrected chi connectivity index (χ3v) is 5.44. The van der Waals surface area contributed by atoms with Crippen LogP contribution in [0.4, 0.5) is 0 Å². The highest BCUT2D eigenvalue weighted by Crippen LogP contribution is 2.21. The summed E-state index contributed by atoms with van der Waals surface area (Å²) >= 11 is 0. The highest BCUT2D eigenvalue weighted by atomic mass is 32.2. The van der Waals surface area contributed by atoms with E-state index in [-0.39, 0.29) is 17.5 Å². The summed E-state index contributed by atoms with van der Waals surface area (Å²) in [7, 11) is -2.88. The second-order valence-corrected chi connectivity index (χ2v) is 7.65. The van der Waals surface area contributed by atoms with Gasteiger partial charge in [-0.15, -0.1) is 0 Å². The minimum atomic E-state index is -2.88. The van der Waals surface area contributed by atoms with Crippen LogP contribution in [0.25, 0.3) is 0 Å². The van der Waals surface area contributed by atoms with Crippen molar-refractivity contribution in [3.05, 3.63) is 17.0 Å². The van der Waals surface area contributed by atoms with Crippen LogP contribution < -0.4 is 5.32 Å². The van der Waals surface area contributed by atoms with Crippen LogP contribution in [-0.2, 0) is 16.4 Å². The summed E-state index contributed by atoms with van der Waals surface area (Å²) < 4.78 is 24.9. The van der Waals surface area contributed by atoms with Crippen LogP contribution in [0.2, 0.25) is 0 Å². The van der Waals surface area contributed by atoms with Gasteiger partial charge < -0.3 is 5.32 Å². The number of hydrogen-bond acceptors (Lipinski definition) is 4. The summed E-state index contributed by atoms with van der Waals surface area (Å²) in [5.74, 6) is 0.451. The maximum atomic E-state index is 11.5. The van der Waals surface area contributed by atoms with E-state index in [9.17, 15) is 8.42 Å².